The minimum Gasteiger partial charge on any atom is -0.493 e. The summed E-state index contributed by atoms with van der Waals surface area (Å²) >= 11 is 0. The van der Waals surface area contributed by atoms with Crippen LogP contribution in [0.3, 0.4) is 0 Å². The van der Waals surface area contributed by atoms with E-state index < -0.39 is 17.9 Å². The van der Waals surface area contributed by atoms with Crippen LogP contribution < -0.4 is 10.1 Å². The number of allylic oxidation sites excluding steroid dienone is 1. The standard InChI is InChI=1S/C25H35NO5/c1-17(2)14-22-23(27)16-20(25(29)30-4)8-6-5-7-13-31-21-11-9-19(10-12-21)15-18(3)24(28)26-22/h5-6,9-12,17-18,20,22H,7-8,13-16H2,1-4H3,(H,26,28)/t18-,20+,22-/m0/s1. The van der Waals surface area contributed by atoms with E-state index in [1.807, 2.05) is 57.2 Å². The molecule has 0 aromatic heterocycles. The van der Waals surface area contributed by atoms with Crippen LogP contribution in [-0.4, -0.2) is 37.4 Å². The Morgan fingerprint density at radius 1 is 1.16 bits per heavy atom. The van der Waals surface area contributed by atoms with Gasteiger partial charge >= 0.3 is 5.97 Å². The van der Waals surface area contributed by atoms with E-state index in [9.17, 15) is 14.4 Å². The number of ketones is 1. The molecule has 2 bridgehead atoms. The lowest BCUT2D eigenvalue weighted by Gasteiger charge is -2.23. The maximum absolute atomic E-state index is 13.1. The first kappa shape index (κ1) is 24.6. The number of fused-ring (bicyclic) bond motifs is 14. The third-order valence-electron chi connectivity index (χ3n) is 5.45. The molecule has 3 atom stereocenters. The van der Waals surface area contributed by atoms with Gasteiger partial charge in [0.05, 0.1) is 25.7 Å². The zero-order valence-corrected chi connectivity index (χ0v) is 19.1. The topological polar surface area (TPSA) is 81.7 Å². The third-order valence-corrected chi connectivity index (χ3v) is 5.45. The van der Waals surface area contributed by atoms with Gasteiger partial charge in [0, 0.05) is 12.3 Å². The molecule has 0 radical (unpaired) electrons. The van der Waals surface area contributed by atoms with E-state index in [0.717, 1.165) is 11.3 Å². The number of carbonyl (C=O) groups is 3. The van der Waals surface area contributed by atoms with Crippen LogP contribution >= 0.6 is 0 Å². The van der Waals surface area contributed by atoms with Crippen molar-refractivity contribution in [3.05, 3.63) is 42.0 Å². The third kappa shape index (κ3) is 8.19. The molecule has 0 spiro atoms. The number of esters is 1. The van der Waals surface area contributed by atoms with E-state index in [1.54, 1.807) is 0 Å². The van der Waals surface area contributed by atoms with Crippen molar-refractivity contribution < 1.29 is 23.9 Å². The number of hydrogen-bond acceptors (Lipinski definition) is 5. The van der Waals surface area contributed by atoms with Crippen molar-refractivity contribution in [2.75, 3.05) is 13.7 Å². The van der Waals surface area contributed by atoms with E-state index in [-0.39, 0.29) is 29.9 Å². The molecular formula is C25H35NO5. The van der Waals surface area contributed by atoms with E-state index in [0.29, 0.717) is 32.3 Å². The fourth-order valence-electron chi connectivity index (χ4n) is 3.66. The molecule has 2 aliphatic heterocycles. The second kappa shape index (κ2) is 12.3. The average Bonchev–Trinajstić information content (AvgIpc) is 2.74. The van der Waals surface area contributed by atoms with Gasteiger partial charge in [-0.2, -0.15) is 0 Å². The molecule has 0 aliphatic carbocycles. The van der Waals surface area contributed by atoms with Crippen LogP contribution in [0.2, 0.25) is 0 Å². The number of Topliss-reactive ketones (excluding diaryl/α,β-unsaturated/α-hetero) is 1. The maximum Gasteiger partial charge on any atom is 0.309 e. The first-order chi connectivity index (χ1) is 14.8. The van der Waals surface area contributed by atoms with Crippen LogP contribution in [-0.2, 0) is 25.5 Å². The fraction of sp³-hybridized carbons (Fsp3) is 0.560. The number of ether oxygens (including phenoxy) is 2. The van der Waals surface area contributed by atoms with Crippen molar-refractivity contribution in [3.63, 3.8) is 0 Å². The molecule has 1 N–H and O–H groups in total. The summed E-state index contributed by atoms with van der Waals surface area (Å²) in [6.07, 6.45) is 6.10. The minimum absolute atomic E-state index is 0.0420. The normalized spacial score (nSPS) is 23.6. The van der Waals surface area contributed by atoms with Crippen LogP contribution in [0.15, 0.2) is 36.4 Å². The fourth-order valence-corrected chi connectivity index (χ4v) is 3.66. The number of carbonyl (C=O) groups excluding carboxylic acids is 3. The summed E-state index contributed by atoms with van der Waals surface area (Å²) in [6, 6.07) is 7.14. The molecular weight excluding hydrogens is 394 g/mol. The smallest absolute Gasteiger partial charge is 0.309 e. The van der Waals surface area contributed by atoms with E-state index in [1.165, 1.54) is 7.11 Å². The van der Waals surface area contributed by atoms with Gasteiger partial charge in [-0.25, -0.2) is 0 Å². The molecule has 0 saturated heterocycles. The summed E-state index contributed by atoms with van der Waals surface area (Å²) in [5.41, 5.74) is 1.04. The van der Waals surface area contributed by atoms with Gasteiger partial charge in [-0.15, -0.1) is 0 Å². The highest BCUT2D eigenvalue weighted by Gasteiger charge is 2.29. The summed E-state index contributed by atoms with van der Waals surface area (Å²) < 4.78 is 10.6. The second-order valence-electron chi connectivity index (χ2n) is 8.67. The molecule has 2 heterocycles. The van der Waals surface area contributed by atoms with Crippen molar-refractivity contribution >= 4 is 17.7 Å². The van der Waals surface area contributed by atoms with Gasteiger partial charge in [-0.05, 0) is 49.3 Å². The van der Waals surface area contributed by atoms with Crippen LogP contribution in [0.1, 0.15) is 52.0 Å². The molecule has 170 valence electrons. The van der Waals surface area contributed by atoms with Crippen LogP contribution in [0, 0.1) is 17.8 Å². The molecule has 6 nitrogen and oxygen atoms in total. The van der Waals surface area contributed by atoms with Crippen molar-refractivity contribution in [1.29, 1.82) is 0 Å². The largest absolute Gasteiger partial charge is 0.493 e. The van der Waals surface area contributed by atoms with E-state index in [4.69, 9.17) is 9.47 Å². The van der Waals surface area contributed by atoms with Crippen molar-refractivity contribution in [2.45, 2.75) is 58.9 Å². The summed E-state index contributed by atoms with van der Waals surface area (Å²) in [7, 11) is 1.33. The lowest BCUT2D eigenvalue weighted by atomic mass is 9.91. The number of rotatable bonds is 3. The number of hydrogen-bond donors (Lipinski definition) is 1. The number of nitrogens with one attached hydrogen (secondary N) is 1. The Morgan fingerprint density at radius 2 is 1.87 bits per heavy atom. The average molecular weight is 430 g/mol. The summed E-state index contributed by atoms with van der Waals surface area (Å²) in [4.78, 5) is 38.1. The van der Waals surface area contributed by atoms with Crippen molar-refractivity contribution in [3.8, 4) is 5.75 Å². The second-order valence-corrected chi connectivity index (χ2v) is 8.67. The predicted octanol–water partition coefficient (Wildman–Crippen LogP) is 3.87. The van der Waals surface area contributed by atoms with Gasteiger partial charge in [0.1, 0.15) is 5.75 Å². The Bertz CT molecular complexity index is 769. The highest BCUT2D eigenvalue weighted by atomic mass is 16.5. The number of amides is 1. The van der Waals surface area contributed by atoms with Gasteiger partial charge in [0.2, 0.25) is 5.91 Å². The quantitative estimate of drug-likeness (QED) is 0.583. The summed E-state index contributed by atoms with van der Waals surface area (Å²) in [5.74, 6) is -0.540. The lowest BCUT2D eigenvalue weighted by Crippen LogP contribution is -2.45. The van der Waals surface area contributed by atoms with Crippen molar-refractivity contribution in [1.82, 2.24) is 5.32 Å². The first-order valence-electron chi connectivity index (χ1n) is 11.1. The van der Waals surface area contributed by atoms with Gasteiger partial charge in [0.15, 0.2) is 5.78 Å². The molecule has 0 unspecified atom stereocenters. The Balaban J connectivity index is 2.25. The first-order valence-corrected chi connectivity index (χ1v) is 11.1. The summed E-state index contributed by atoms with van der Waals surface area (Å²) in [5, 5.41) is 2.94. The molecule has 3 rings (SSSR count). The number of benzene rings is 1. The lowest BCUT2D eigenvalue weighted by molar-refractivity contribution is -0.147. The van der Waals surface area contributed by atoms with Crippen molar-refractivity contribution in [2.24, 2.45) is 17.8 Å². The molecule has 0 saturated carbocycles. The van der Waals surface area contributed by atoms with Crippen LogP contribution in [0.5, 0.6) is 5.75 Å². The Morgan fingerprint density at radius 3 is 2.52 bits per heavy atom. The molecule has 1 aromatic rings. The van der Waals surface area contributed by atoms with Crippen LogP contribution in [0.4, 0.5) is 0 Å². The van der Waals surface area contributed by atoms with Gasteiger partial charge in [-0.1, -0.05) is 45.1 Å². The molecule has 0 fully saturated rings. The predicted molar refractivity (Wildman–Crippen MR) is 120 cm³/mol. The zero-order valence-electron chi connectivity index (χ0n) is 19.1. The molecule has 1 amide bonds. The van der Waals surface area contributed by atoms with Crippen LogP contribution in [0.25, 0.3) is 0 Å². The molecule has 31 heavy (non-hydrogen) atoms. The summed E-state index contributed by atoms with van der Waals surface area (Å²) in [6.45, 7) is 6.40. The molecule has 6 heteroatoms. The molecule has 2 aliphatic rings. The zero-order chi connectivity index (χ0) is 22.8. The van der Waals surface area contributed by atoms with E-state index in [2.05, 4.69) is 5.32 Å². The Kier molecular flexibility index (Phi) is 9.76. The van der Waals surface area contributed by atoms with Gasteiger partial charge in [0.25, 0.3) is 0 Å². The van der Waals surface area contributed by atoms with Gasteiger partial charge in [-0.3, -0.25) is 14.4 Å². The highest BCUT2D eigenvalue weighted by Crippen LogP contribution is 2.19. The van der Waals surface area contributed by atoms with E-state index >= 15 is 0 Å². The Hall–Kier alpha value is -2.63. The highest BCUT2D eigenvalue weighted by molar-refractivity contribution is 5.92. The monoisotopic (exact) mass is 429 g/mol. The molecule has 1 aromatic carbocycles. The van der Waals surface area contributed by atoms with Gasteiger partial charge < -0.3 is 14.8 Å². The SMILES string of the molecule is COC(=O)[C@@H]1CC=CCCOc2ccc(cc2)C[C@H](C)C(=O)N[C@@H](CC(C)C)C(=O)C1. The Labute approximate surface area is 185 Å². The maximum atomic E-state index is 13.1. The number of methoxy groups -OCH3 is 1. The minimum atomic E-state index is -0.610.